The average molecular weight is 128 g/mol. The van der Waals surface area contributed by atoms with Gasteiger partial charge in [-0.1, -0.05) is 13.3 Å². The lowest BCUT2D eigenvalue weighted by Gasteiger charge is -1.91. The summed E-state index contributed by atoms with van der Waals surface area (Å²) < 4.78 is 10.1. The highest BCUT2D eigenvalue weighted by molar-refractivity contribution is 4.94. The fourth-order valence-corrected chi connectivity index (χ4v) is 0.724. The molecule has 0 unspecified atom stereocenters. The lowest BCUT2D eigenvalue weighted by molar-refractivity contribution is 0.0799. The van der Waals surface area contributed by atoms with E-state index in [0.717, 1.165) is 12.2 Å². The summed E-state index contributed by atoms with van der Waals surface area (Å²) >= 11 is 0. The molecular formula is C7H12O2. The van der Waals surface area contributed by atoms with E-state index in [2.05, 4.69) is 13.0 Å². The number of allylic oxidation sites excluding steroid dienone is 1. The molecule has 2 heteroatoms. The van der Waals surface area contributed by atoms with Crippen LogP contribution in [0.25, 0.3) is 0 Å². The summed E-state index contributed by atoms with van der Waals surface area (Å²) in [5, 5.41) is 0. The van der Waals surface area contributed by atoms with Crippen LogP contribution in [0, 0.1) is 0 Å². The minimum absolute atomic E-state index is 0.440. The van der Waals surface area contributed by atoms with E-state index in [1.807, 2.05) is 0 Å². The van der Waals surface area contributed by atoms with Gasteiger partial charge in [-0.3, -0.25) is 0 Å². The zero-order valence-corrected chi connectivity index (χ0v) is 5.72. The Kier molecular flexibility index (Phi) is 2.58. The van der Waals surface area contributed by atoms with Crippen LogP contribution in [0.5, 0.6) is 0 Å². The first kappa shape index (κ1) is 6.62. The molecule has 0 amide bonds. The second-order valence-electron chi connectivity index (χ2n) is 2.07. The summed E-state index contributed by atoms with van der Waals surface area (Å²) in [6, 6.07) is 0. The lowest BCUT2D eigenvalue weighted by Crippen LogP contribution is -1.81. The molecule has 0 aromatic carbocycles. The van der Waals surface area contributed by atoms with Crippen LogP contribution in [-0.2, 0) is 9.47 Å². The Morgan fingerprint density at radius 2 is 2.56 bits per heavy atom. The van der Waals surface area contributed by atoms with Crippen molar-refractivity contribution in [3.8, 4) is 0 Å². The molecule has 0 atom stereocenters. The van der Waals surface area contributed by atoms with Crippen molar-refractivity contribution in [2.45, 2.75) is 19.8 Å². The van der Waals surface area contributed by atoms with Crippen LogP contribution in [0.2, 0.25) is 0 Å². The van der Waals surface area contributed by atoms with E-state index in [0.29, 0.717) is 13.4 Å². The predicted octanol–water partition coefficient (Wildman–Crippen LogP) is 1.67. The molecule has 0 aromatic heterocycles. The normalized spacial score (nSPS) is 22.6. The molecule has 2 nitrogen and oxygen atoms in total. The summed E-state index contributed by atoms with van der Waals surface area (Å²) in [7, 11) is 0. The zero-order valence-electron chi connectivity index (χ0n) is 5.72. The van der Waals surface area contributed by atoms with Crippen LogP contribution in [0.15, 0.2) is 11.8 Å². The van der Waals surface area contributed by atoms with Gasteiger partial charge in [0.05, 0.1) is 0 Å². The fraction of sp³-hybridized carbons (Fsp3) is 0.714. The third-order valence-corrected chi connectivity index (χ3v) is 1.23. The molecule has 1 heterocycles. The van der Waals surface area contributed by atoms with E-state index in [1.54, 1.807) is 0 Å². The van der Waals surface area contributed by atoms with Crippen molar-refractivity contribution in [2.75, 3.05) is 13.4 Å². The van der Waals surface area contributed by atoms with Crippen molar-refractivity contribution in [1.29, 1.82) is 0 Å². The van der Waals surface area contributed by atoms with Crippen molar-refractivity contribution in [3.63, 3.8) is 0 Å². The molecule has 9 heavy (non-hydrogen) atoms. The summed E-state index contributed by atoms with van der Waals surface area (Å²) in [6.45, 7) is 3.25. The average Bonchev–Trinajstić information content (AvgIpc) is 2.34. The highest BCUT2D eigenvalue weighted by Crippen LogP contribution is 2.07. The molecule has 0 saturated carbocycles. The summed E-state index contributed by atoms with van der Waals surface area (Å²) in [5.41, 5.74) is 0. The maximum absolute atomic E-state index is 5.09. The molecule has 0 spiro atoms. The first-order valence-corrected chi connectivity index (χ1v) is 3.33. The van der Waals surface area contributed by atoms with Crippen LogP contribution in [-0.4, -0.2) is 13.4 Å². The Morgan fingerprint density at radius 1 is 1.67 bits per heavy atom. The highest BCUT2D eigenvalue weighted by atomic mass is 16.7. The second-order valence-corrected chi connectivity index (χ2v) is 2.07. The van der Waals surface area contributed by atoms with E-state index in [9.17, 15) is 0 Å². The van der Waals surface area contributed by atoms with Gasteiger partial charge in [0, 0.05) is 0 Å². The van der Waals surface area contributed by atoms with Gasteiger partial charge < -0.3 is 9.47 Å². The quantitative estimate of drug-likeness (QED) is 0.563. The number of unbranched alkanes of at least 4 members (excludes halogenated alkanes) is 1. The van der Waals surface area contributed by atoms with Gasteiger partial charge in [-0.25, -0.2) is 0 Å². The van der Waals surface area contributed by atoms with Crippen molar-refractivity contribution in [3.05, 3.63) is 11.8 Å². The molecule has 1 aliphatic rings. The van der Waals surface area contributed by atoms with Gasteiger partial charge in [0.25, 0.3) is 0 Å². The SMILES string of the molecule is CCC/C=C1\COCO1. The molecule has 1 rings (SSSR count). The molecule has 1 saturated heterocycles. The largest absolute Gasteiger partial charge is 0.470 e. The smallest absolute Gasteiger partial charge is 0.189 e. The summed E-state index contributed by atoms with van der Waals surface area (Å²) in [4.78, 5) is 0. The van der Waals surface area contributed by atoms with Gasteiger partial charge in [0.1, 0.15) is 12.4 Å². The van der Waals surface area contributed by atoms with Crippen LogP contribution in [0.4, 0.5) is 0 Å². The Bertz CT molecular complexity index is 99.5. The Morgan fingerprint density at radius 3 is 3.11 bits per heavy atom. The third kappa shape index (κ3) is 2.06. The molecule has 0 N–H and O–H groups in total. The number of ether oxygens (including phenoxy) is 2. The Balaban J connectivity index is 2.22. The van der Waals surface area contributed by atoms with Gasteiger partial charge in [-0.2, -0.15) is 0 Å². The zero-order chi connectivity index (χ0) is 6.53. The van der Waals surface area contributed by atoms with Crippen LogP contribution in [0.3, 0.4) is 0 Å². The maximum atomic E-state index is 5.09. The minimum atomic E-state index is 0.440. The maximum Gasteiger partial charge on any atom is 0.189 e. The standard InChI is InChI=1S/C7H12O2/c1-2-3-4-7-5-8-6-9-7/h4H,2-3,5-6H2,1H3/b7-4+. The van der Waals surface area contributed by atoms with E-state index in [-0.39, 0.29) is 0 Å². The molecular weight excluding hydrogens is 116 g/mol. The summed E-state index contributed by atoms with van der Waals surface area (Å²) in [5.74, 6) is 0.997. The van der Waals surface area contributed by atoms with Gasteiger partial charge in [0.15, 0.2) is 6.79 Å². The molecule has 0 bridgehead atoms. The van der Waals surface area contributed by atoms with Crippen molar-refractivity contribution in [1.82, 2.24) is 0 Å². The number of hydrogen-bond donors (Lipinski definition) is 0. The van der Waals surface area contributed by atoms with Crippen molar-refractivity contribution >= 4 is 0 Å². The first-order valence-electron chi connectivity index (χ1n) is 3.33. The predicted molar refractivity (Wildman–Crippen MR) is 34.9 cm³/mol. The number of rotatable bonds is 2. The van der Waals surface area contributed by atoms with E-state index in [4.69, 9.17) is 9.47 Å². The molecule has 52 valence electrons. The lowest BCUT2D eigenvalue weighted by atomic mass is 10.3. The summed E-state index contributed by atoms with van der Waals surface area (Å²) in [6.07, 6.45) is 4.36. The molecule has 1 aliphatic heterocycles. The Labute approximate surface area is 55.5 Å². The van der Waals surface area contributed by atoms with Crippen LogP contribution < -0.4 is 0 Å². The third-order valence-electron chi connectivity index (χ3n) is 1.23. The van der Waals surface area contributed by atoms with Crippen LogP contribution in [0.1, 0.15) is 19.8 Å². The monoisotopic (exact) mass is 128 g/mol. The molecule has 1 fully saturated rings. The fourth-order valence-electron chi connectivity index (χ4n) is 0.724. The van der Waals surface area contributed by atoms with E-state index < -0.39 is 0 Å². The number of hydrogen-bond acceptors (Lipinski definition) is 2. The Hall–Kier alpha value is -0.500. The van der Waals surface area contributed by atoms with E-state index in [1.165, 1.54) is 6.42 Å². The van der Waals surface area contributed by atoms with Crippen molar-refractivity contribution < 1.29 is 9.47 Å². The van der Waals surface area contributed by atoms with Gasteiger partial charge in [-0.15, -0.1) is 0 Å². The topological polar surface area (TPSA) is 18.5 Å². The second kappa shape index (κ2) is 3.51. The first-order chi connectivity index (χ1) is 4.43. The van der Waals surface area contributed by atoms with Crippen LogP contribution >= 0.6 is 0 Å². The molecule has 0 aromatic rings. The molecule has 0 radical (unpaired) electrons. The molecule has 0 aliphatic carbocycles. The van der Waals surface area contributed by atoms with Crippen molar-refractivity contribution in [2.24, 2.45) is 0 Å². The van der Waals surface area contributed by atoms with Gasteiger partial charge in [-0.05, 0) is 12.5 Å². The van der Waals surface area contributed by atoms with E-state index >= 15 is 0 Å². The highest BCUT2D eigenvalue weighted by Gasteiger charge is 2.04. The minimum Gasteiger partial charge on any atom is -0.470 e. The van der Waals surface area contributed by atoms with Gasteiger partial charge in [0.2, 0.25) is 0 Å². The van der Waals surface area contributed by atoms with Gasteiger partial charge >= 0.3 is 0 Å².